The molecule has 0 bridgehead atoms. The molecule has 0 radical (unpaired) electrons. The normalized spacial score (nSPS) is 18.2. The molecule has 1 saturated carbocycles. The van der Waals surface area contributed by atoms with Crippen LogP contribution in [-0.2, 0) is 6.61 Å². The van der Waals surface area contributed by atoms with Crippen molar-refractivity contribution >= 4 is 0 Å². The molecule has 0 heterocycles. The minimum absolute atomic E-state index is 0.0689. The van der Waals surface area contributed by atoms with E-state index in [4.69, 9.17) is 4.74 Å². The van der Waals surface area contributed by atoms with E-state index < -0.39 is 23.3 Å². The molecule has 0 saturated heterocycles. The van der Waals surface area contributed by atoms with E-state index >= 15 is 4.39 Å². The molecule has 0 aromatic heterocycles. The van der Waals surface area contributed by atoms with Crippen molar-refractivity contribution in [1.82, 2.24) is 0 Å². The van der Waals surface area contributed by atoms with Gasteiger partial charge in [-0.1, -0.05) is 56.2 Å². The lowest BCUT2D eigenvalue weighted by Gasteiger charge is -2.29. The van der Waals surface area contributed by atoms with Gasteiger partial charge in [-0.25, -0.2) is 17.6 Å². The number of rotatable bonds is 7. The molecule has 4 rings (SSSR count). The van der Waals surface area contributed by atoms with E-state index in [1.807, 2.05) is 0 Å². The van der Waals surface area contributed by atoms with Crippen LogP contribution >= 0.6 is 0 Å². The standard InChI is InChI=1S/C29H30F4O/c1-3-4-19-6-9-20(10-7-19)24-15-16-25(29(33)28(24)32)21-11-13-23(14-12-21)34-17-22-8-5-18(2)26(30)27(22)31/h5,8,11-16,19-20H,3-4,6-7,9-10,17H2,1-2H3. The van der Waals surface area contributed by atoms with E-state index in [0.29, 0.717) is 22.8 Å². The number of hydrogen-bond acceptors (Lipinski definition) is 1. The summed E-state index contributed by atoms with van der Waals surface area (Å²) in [5.74, 6) is -2.20. The average molecular weight is 471 g/mol. The lowest BCUT2D eigenvalue weighted by molar-refractivity contribution is 0.297. The number of aryl methyl sites for hydroxylation is 1. The summed E-state index contributed by atoms with van der Waals surface area (Å²) in [5, 5.41) is 0. The van der Waals surface area contributed by atoms with Crippen LogP contribution in [0, 0.1) is 36.1 Å². The van der Waals surface area contributed by atoms with Gasteiger partial charge in [-0.3, -0.25) is 0 Å². The highest BCUT2D eigenvalue weighted by molar-refractivity contribution is 5.65. The maximum Gasteiger partial charge on any atom is 0.166 e. The van der Waals surface area contributed by atoms with Crippen molar-refractivity contribution in [2.24, 2.45) is 5.92 Å². The maximum absolute atomic E-state index is 15.0. The van der Waals surface area contributed by atoms with Gasteiger partial charge in [-0.2, -0.15) is 0 Å². The summed E-state index contributed by atoms with van der Waals surface area (Å²) >= 11 is 0. The lowest BCUT2D eigenvalue weighted by atomic mass is 9.77. The maximum atomic E-state index is 15.0. The predicted octanol–water partition coefficient (Wildman–Crippen LogP) is 8.87. The minimum atomic E-state index is -0.923. The van der Waals surface area contributed by atoms with Gasteiger partial charge in [0.05, 0.1) is 0 Å². The molecule has 0 amide bonds. The molecule has 0 atom stereocenters. The van der Waals surface area contributed by atoms with E-state index in [0.717, 1.165) is 32.1 Å². The van der Waals surface area contributed by atoms with E-state index in [1.165, 1.54) is 25.5 Å². The fourth-order valence-corrected chi connectivity index (χ4v) is 4.96. The molecule has 0 aliphatic heterocycles. The molecule has 0 spiro atoms. The Morgan fingerprint density at radius 2 is 1.47 bits per heavy atom. The van der Waals surface area contributed by atoms with Gasteiger partial charge in [-0.05, 0) is 73.3 Å². The average Bonchev–Trinajstić information content (AvgIpc) is 2.85. The fraction of sp³-hybridized carbons (Fsp3) is 0.379. The molecule has 5 heteroatoms. The number of ether oxygens (including phenoxy) is 1. The second kappa shape index (κ2) is 10.6. The molecule has 3 aromatic carbocycles. The minimum Gasteiger partial charge on any atom is -0.489 e. The number of halogens is 4. The van der Waals surface area contributed by atoms with Crippen LogP contribution < -0.4 is 4.74 Å². The highest BCUT2D eigenvalue weighted by Crippen LogP contribution is 2.40. The van der Waals surface area contributed by atoms with Crippen LogP contribution in [0.4, 0.5) is 17.6 Å². The summed E-state index contributed by atoms with van der Waals surface area (Å²) in [6.07, 6.45) is 6.32. The van der Waals surface area contributed by atoms with E-state index in [2.05, 4.69) is 6.92 Å². The van der Waals surface area contributed by atoms with Gasteiger partial charge in [0, 0.05) is 11.1 Å². The Labute approximate surface area is 198 Å². The third kappa shape index (κ3) is 5.13. The second-order valence-corrected chi connectivity index (χ2v) is 9.32. The van der Waals surface area contributed by atoms with Crippen molar-refractivity contribution in [3.63, 3.8) is 0 Å². The summed E-state index contributed by atoms with van der Waals surface area (Å²) < 4.78 is 63.3. The van der Waals surface area contributed by atoms with Crippen LogP contribution in [0.3, 0.4) is 0 Å². The molecule has 1 fully saturated rings. The van der Waals surface area contributed by atoms with Crippen LogP contribution in [0.1, 0.15) is 68.1 Å². The molecular formula is C29H30F4O. The van der Waals surface area contributed by atoms with Crippen molar-refractivity contribution in [2.45, 2.75) is 64.9 Å². The Balaban J connectivity index is 1.44. The zero-order chi connectivity index (χ0) is 24.2. The second-order valence-electron chi connectivity index (χ2n) is 9.32. The Bertz CT molecular complexity index is 1130. The quantitative estimate of drug-likeness (QED) is 0.313. The van der Waals surface area contributed by atoms with Crippen molar-refractivity contribution in [3.8, 4) is 16.9 Å². The van der Waals surface area contributed by atoms with Gasteiger partial charge in [0.2, 0.25) is 0 Å². The third-order valence-corrected chi connectivity index (χ3v) is 7.01. The molecule has 34 heavy (non-hydrogen) atoms. The molecule has 3 aromatic rings. The van der Waals surface area contributed by atoms with E-state index in [9.17, 15) is 13.2 Å². The van der Waals surface area contributed by atoms with Crippen LogP contribution in [-0.4, -0.2) is 0 Å². The highest BCUT2D eigenvalue weighted by Gasteiger charge is 2.26. The Morgan fingerprint density at radius 3 is 2.15 bits per heavy atom. The first-order valence-electron chi connectivity index (χ1n) is 12.0. The van der Waals surface area contributed by atoms with Crippen molar-refractivity contribution in [1.29, 1.82) is 0 Å². The van der Waals surface area contributed by atoms with Gasteiger partial charge in [0.1, 0.15) is 12.4 Å². The Hall–Kier alpha value is -2.82. The molecule has 1 nitrogen and oxygen atoms in total. The van der Waals surface area contributed by atoms with Gasteiger partial charge in [0.25, 0.3) is 0 Å². The number of benzene rings is 3. The Kier molecular flexibility index (Phi) is 7.60. The monoisotopic (exact) mass is 470 g/mol. The number of hydrogen-bond donors (Lipinski definition) is 0. The lowest BCUT2D eigenvalue weighted by Crippen LogP contribution is -2.14. The van der Waals surface area contributed by atoms with Gasteiger partial charge in [0.15, 0.2) is 23.3 Å². The zero-order valence-electron chi connectivity index (χ0n) is 19.6. The van der Waals surface area contributed by atoms with Gasteiger partial charge >= 0.3 is 0 Å². The summed E-state index contributed by atoms with van der Waals surface area (Å²) in [5.41, 5.74) is 1.53. The van der Waals surface area contributed by atoms with Crippen LogP contribution in [0.25, 0.3) is 11.1 Å². The summed E-state index contributed by atoms with van der Waals surface area (Å²) in [6, 6.07) is 12.8. The molecule has 180 valence electrons. The first-order chi connectivity index (χ1) is 16.4. The third-order valence-electron chi connectivity index (χ3n) is 7.01. The van der Waals surface area contributed by atoms with Crippen molar-refractivity contribution < 1.29 is 22.3 Å². The van der Waals surface area contributed by atoms with Crippen LogP contribution in [0.2, 0.25) is 0 Å². The van der Waals surface area contributed by atoms with Crippen LogP contribution in [0.5, 0.6) is 5.75 Å². The summed E-state index contributed by atoms with van der Waals surface area (Å²) in [4.78, 5) is 0. The SMILES string of the molecule is CCCC1CCC(c2ccc(-c3ccc(OCc4ccc(C)c(F)c4F)cc3)c(F)c2F)CC1. The molecule has 0 N–H and O–H groups in total. The molecular weight excluding hydrogens is 440 g/mol. The van der Waals surface area contributed by atoms with E-state index in [1.54, 1.807) is 36.4 Å². The molecule has 1 aliphatic carbocycles. The smallest absolute Gasteiger partial charge is 0.166 e. The van der Waals surface area contributed by atoms with Crippen molar-refractivity contribution in [3.05, 3.63) is 88.5 Å². The van der Waals surface area contributed by atoms with Gasteiger partial charge in [-0.15, -0.1) is 0 Å². The summed E-state index contributed by atoms with van der Waals surface area (Å²) in [6.45, 7) is 3.54. The molecule has 0 unspecified atom stereocenters. The first-order valence-corrected chi connectivity index (χ1v) is 12.0. The zero-order valence-corrected chi connectivity index (χ0v) is 19.6. The van der Waals surface area contributed by atoms with Crippen molar-refractivity contribution in [2.75, 3.05) is 0 Å². The fourth-order valence-electron chi connectivity index (χ4n) is 4.96. The van der Waals surface area contributed by atoms with E-state index in [-0.39, 0.29) is 29.2 Å². The highest BCUT2D eigenvalue weighted by atomic mass is 19.2. The first kappa shape index (κ1) is 24.3. The summed E-state index contributed by atoms with van der Waals surface area (Å²) in [7, 11) is 0. The topological polar surface area (TPSA) is 9.23 Å². The molecule has 1 aliphatic rings. The van der Waals surface area contributed by atoms with Gasteiger partial charge < -0.3 is 4.74 Å². The van der Waals surface area contributed by atoms with Crippen LogP contribution in [0.15, 0.2) is 48.5 Å². The Morgan fingerprint density at radius 1 is 0.765 bits per heavy atom. The largest absolute Gasteiger partial charge is 0.489 e. The predicted molar refractivity (Wildman–Crippen MR) is 127 cm³/mol.